The number of aromatic hydroxyl groups is 1. The van der Waals surface area contributed by atoms with E-state index in [1.807, 2.05) is 24.3 Å². The maximum absolute atomic E-state index is 9.36. The molecule has 0 saturated carbocycles. The summed E-state index contributed by atoms with van der Waals surface area (Å²) in [5.74, 6) is 1.22. The van der Waals surface area contributed by atoms with Gasteiger partial charge in [0, 0.05) is 0 Å². The molecule has 0 aliphatic heterocycles. The molecule has 0 saturated heterocycles. The molecule has 130 valence electrons. The molecule has 0 spiro atoms. The van der Waals surface area contributed by atoms with Gasteiger partial charge in [-0.1, -0.05) is 63.3 Å². The lowest BCUT2D eigenvalue weighted by Gasteiger charge is -2.15. The molecule has 0 amide bonds. The van der Waals surface area contributed by atoms with Gasteiger partial charge in [-0.2, -0.15) is 0 Å². The van der Waals surface area contributed by atoms with Gasteiger partial charge in [-0.3, -0.25) is 0 Å². The molecule has 24 heavy (non-hydrogen) atoms. The van der Waals surface area contributed by atoms with Gasteiger partial charge < -0.3 is 9.84 Å². The summed E-state index contributed by atoms with van der Waals surface area (Å²) in [6.45, 7) is 4.41. The summed E-state index contributed by atoms with van der Waals surface area (Å²) in [7, 11) is 0. The van der Waals surface area contributed by atoms with Crippen molar-refractivity contribution in [3.8, 4) is 22.6 Å². The smallest absolute Gasteiger partial charge is 0.119 e. The van der Waals surface area contributed by atoms with Crippen molar-refractivity contribution in [3.63, 3.8) is 0 Å². The number of ether oxygens (including phenoxy) is 1. The summed E-state index contributed by atoms with van der Waals surface area (Å²) < 4.78 is 6.01. The number of hydrogen-bond donors (Lipinski definition) is 1. The van der Waals surface area contributed by atoms with Crippen LogP contribution in [0.4, 0.5) is 0 Å². The van der Waals surface area contributed by atoms with E-state index in [4.69, 9.17) is 4.74 Å². The lowest BCUT2D eigenvalue weighted by molar-refractivity contribution is 0.206. The van der Waals surface area contributed by atoms with E-state index < -0.39 is 0 Å². The first-order chi connectivity index (χ1) is 11.7. The fourth-order valence-corrected chi connectivity index (χ4v) is 2.88. The summed E-state index contributed by atoms with van der Waals surface area (Å²) in [5, 5.41) is 9.36. The van der Waals surface area contributed by atoms with Crippen molar-refractivity contribution in [1.29, 1.82) is 0 Å². The van der Waals surface area contributed by atoms with E-state index in [1.165, 1.54) is 38.5 Å². The van der Waals surface area contributed by atoms with Crippen LogP contribution in [0.25, 0.3) is 11.1 Å². The Morgan fingerprint density at radius 2 is 1.33 bits per heavy atom. The molecule has 0 radical (unpaired) electrons. The minimum atomic E-state index is 0.260. The van der Waals surface area contributed by atoms with Gasteiger partial charge in [0.2, 0.25) is 0 Å². The molecule has 2 aromatic rings. The SMILES string of the molecule is CCCCCCCCC(C)Oc1ccc(-c2ccc(O)cc2)cc1. The predicted molar refractivity (Wildman–Crippen MR) is 102 cm³/mol. The van der Waals surface area contributed by atoms with Gasteiger partial charge in [-0.25, -0.2) is 0 Å². The Morgan fingerprint density at radius 1 is 0.792 bits per heavy atom. The minimum Gasteiger partial charge on any atom is -0.508 e. The van der Waals surface area contributed by atoms with Crippen molar-refractivity contribution < 1.29 is 9.84 Å². The first kappa shape index (κ1) is 18.4. The molecule has 0 aliphatic carbocycles. The monoisotopic (exact) mass is 326 g/mol. The van der Waals surface area contributed by atoms with Crippen molar-refractivity contribution >= 4 is 0 Å². The van der Waals surface area contributed by atoms with Crippen LogP contribution in [-0.2, 0) is 0 Å². The second-order valence-corrected chi connectivity index (χ2v) is 6.56. The van der Waals surface area contributed by atoms with E-state index in [1.54, 1.807) is 12.1 Å². The molecule has 0 bridgehead atoms. The molecule has 1 atom stereocenters. The fraction of sp³-hybridized carbons (Fsp3) is 0.455. The second kappa shape index (κ2) is 10.0. The summed E-state index contributed by atoms with van der Waals surface area (Å²) in [5.41, 5.74) is 2.23. The Hall–Kier alpha value is -1.96. The highest BCUT2D eigenvalue weighted by Gasteiger charge is 2.05. The quantitative estimate of drug-likeness (QED) is 0.500. The highest BCUT2D eigenvalue weighted by molar-refractivity contribution is 5.64. The zero-order valence-electron chi connectivity index (χ0n) is 15.0. The Balaban J connectivity index is 1.75. The lowest BCUT2D eigenvalue weighted by atomic mass is 10.1. The molecule has 0 fully saturated rings. The summed E-state index contributed by atoms with van der Waals surface area (Å²) in [6.07, 6.45) is 9.32. The molecule has 2 nitrogen and oxygen atoms in total. The van der Waals surface area contributed by atoms with Gasteiger partial charge in [-0.05, 0) is 55.2 Å². The second-order valence-electron chi connectivity index (χ2n) is 6.56. The molecule has 2 rings (SSSR count). The molecule has 2 heteroatoms. The van der Waals surface area contributed by atoms with Gasteiger partial charge >= 0.3 is 0 Å². The van der Waals surface area contributed by atoms with Crippen LogP contribution < -0.4 is 4.74 Å². The fourth-order valence-electron chi connectivity index (χ4n) is 2.88. The van der Waals surface area contributed by atoms with E-state index in [2.05, 4.69) is 26.0 Å². The minimum absolute atomic E-state index is 0.260. The van der Waals surface area contributed by atoms with Gasteiger partial charge in [0.1, 0.15) is 11.5 Å². The van der Waals surface area contributed by atoms with Crippen LogP contribution in [0.1, 0.15) is 58.8 Å². The van der Waals surface area contributed by atoms with Gasteiger partial charge in [0.25, 0.3) is 0 Å². The van der Waals surface area contributed by atoms with Crippen LogP contribution in [0, 0.1) is 0 Å². The number of rotatable bonds is 10. The average molecular weight is 326 g/mol. The van der Waals surface area contributed by atoms with Gasteiger partial charge in [0.05, 0.1) is 6.10 Å². The maximum Gasteiger partial charge on any atom is 0.119 e. The summed E-state index contributed by atoms with van der Waals surface area (Å²) in [4.78, 5) is 0. The number of unbranched alkanes of at least 4 members (excludes halogenated alkanes) is 5. The first-order valence-electron chi connectivity index (χ1n) is 9.25. The van der Waals surface area contributed by atoms with Crippen LogP contribution >= 0.6 is 0 Å². The average Bonchev–Trinajstić information content (AvgIpc) is 2.59. The van der Waals surface area contributed by atoms with E-state index in [0.717, 1.165) is 23.3 Å². The van der Waals surface area contributed by atoms with Crippen LogP contribution in [0.3, 0.4) is 0 Å². The molecular formula is C22H30O2. The van der Waals surface area contributed by atoms with Crippen LogP contribution in [0.5, 0.6) is 11.5 Å². The van der Waals surface area contributed by atoms with Crippen LogP contribution in [-0.4, -0.2) is 11.2 Å². The third-order valence-corrected chi connectivity index (χ3v) is 4.36. The third kappa shape index (κ3) is 6.27. The molecular weight excluding hydrogens is 296 g/mol. The maximum atomic E-state index is 9.36. The topological polar surface area (TPSA) is 29.5 Å². The summed E-state index contributed by atoms with van der Waals surface area (Å²) in [6, 6.07) is 15.5. The lowest BCUT2D eigenvalue weighted by Crippen LogP contribution is -2.11. The normalized spacial score (nSPS) is 12.1. The Bertz CT molecular complexity index is 572. The zero-order chi connectivity index (χ0) is 17.2. The first-order valence-corrected chi connectivity index (χ1v) is 9.25. The Labute approximate surface area is 146 Å². The van der Waals surface area contributed by atoms with Crippen molar-refractivity contribution in [2.45, 2.75) is 64.9 Å². The molecule has 1 N–H and O–H groups in total. The molecule has 1 unspecified atom stereocenters. The molecule has 0 heterocycles. The number of benzene rings is 2. The number of phenols is 1. The molecule has 2 aromatic carbocycles. The van der Waals surface area contributed by atoms with Crippen molar-refractivity contribution in [1.82, 2.24) is 0 Å². The van der Waals surface area contributed by atoms with Crippen molar-refractivity contribution in [3.05, 3.63) is 48.5 Å². The van der Waals surface area contributed by atoms with Crippen molar-refractivity contribution in [2.24, 2.45) is 0 Å². The Kier molecular flexibility index (Phi) is 7.67. The predicted octanol–water partition coefficient (Wildman–Crippen LogP) is 6.58. The van der Waals surface area contributed by atoms with E-state index in [0.29, 0.717) is 5.75 Å². The van der Waals surface area contributed by atoms with Gasteiger partial charge in [0.15, 0.2) is 0 Å². The zero-order valence-corrected chi connectivity index (χ0v) is 15.0. The Morgan fingerprint density at radius 3 is 1.96 bits per heavy atom. The molecule has 0 aliphatic rings. The number of hydrogen-bond acceptors (Lipinski definition) is 2. The highest BCUT2D eigenvalue weighted by atomic mass is 16.5. The van der Waals surface area contributed by atoms with E-state index in [-0.39, 0.29) is 6.10 Å². The molecule has 0 aromatic heterocycles. The van der Waals surface area contributed by atoms with Crippen molar-refractivity contribution in [2.75, 3.05) is 0 Å². The number of phenolic OH excluding ortho intramolecular Hbond substituents is 1. The standard InChI is InChI=1S/C22H30O2/c1-3-4-5-6-7-8-9-18(2)24-22-16-12-20(13-17-22)19-10-14-21(23)15-11-19/h10-18,23H,3-9H2,1-2H3. The van der Waals surface area contributed by atoms with E-state index >= 15 is 0 Å². The van der Waals surface area contributed by atoms with E-state index in [9.17, 15) is 5.11 Å². The largest absolute Gasteiger partial charge is 0.508 e. The van der Waals surface area contributed by atoms with Crippen LogP contribution in [0.2, 0.25) is 0 Å². The summed E-state index contributed by atoms with van der Waals surface area (Å²) >= 11 is 0. The third-order valence-electron chi connectivity index (χ3n) is 4.36. The van der Waals surface area contributed by atoms with Gasteiger partial charge in [-0.15, -0.1) is 0 Å². The highest BCUT2D eigenvalue weighted by Crippen LogP contribution is 2.25. The van der Waals surface area contributed by atoms with Crippen LogP contribution in [0.15, 0.2) is 48.5 Å².